The van der Waals surface area contributed by atoms with Gasteiger partial charge in [-0.05, 0) is 32.8 Å². The molecule has 0 aliphatic heterocycles. The molecule has 19 heavy (non-hydrogen) atoms. The molecule has 4 heteroatoms. The first kappa shape index (κ1) is 13.5. The van der Waals surface area contributed by atoms with Gasteiger partial charge in [-0.15, -0.1) is 0 Å². The summed E-state index contributed by atoms with van der Waals surface area (Å²) in [4.78, 5) is 17.8. The van der Waals surface area contributed by atoms with Gasteiger partial charge < -0.3 is 4.90 Å². The molecular formula is C15H19N3O. The number of anilines is 1. The van der Waals surface area contributed by atoms with Crippen molar-refractivity contribution >= 4 is 11.5 Å². The van der Waals surface area contributed by atoms with Crippen molar-refractivity contribution in [1.82, 2.24) is 4.98 Å². The zero-order valence-electron chi connectivity index (χ0n) is 11.7. The van der Waals surface area contributed by atoms with Crippen molar-refractivity contribution in [2.45, 2.75) is 45.6 Å². The van der Waals surface area contributed by atoms with Crippen LogP contribution in [0.15, 0.2) is 6.07 Å². The number of aryl methyl sites for hydroxylation is 2. The molecule has 1 fully saturated rings. The van der Waals surface area contributed by atoms with E-state index < -0.39 is 0 Å². The van der Waals surface area contributed by atoms with Crippen LogP contribution in [0.4, 0.5) is 5.69 Å². The Balaban J connectivity index is 2.31. The first-order valence-corrected chi connectivity index (χ1v) is 6.65. The van der Waals surface area contributed by atoms with Crippen LogP contribution in [0.2, 0.25) is 0 Å². The van der Waals surface area contributed by atoms with Crippen LogP contribution < -0.4 is 4.90 Å². The van der Waals surface area contributed by atoms with Crippen molar-refractivity contribution in [2.24, 2.45) is 0 Å². The standard InChI is InChI=1S/C15H19N3O/c1-10-8-15(14(9-16)11(2)17-10)18(3)12-4-6-13(19)7-5-12/h8,12H,4-7H2,1-3H3. The lowest BCUT2D eigenvalue weighted by molar-refractivity contribution is -0.120. The average Bonchev–Trinajstić information content (AvgIpc) is 2.38. The maximum Gasteiger partial charge on any atom is 0.133 e. The molecule has 0 aromatic carbocycles. The molecule has 1 aromatic heterocycles. The van der Waals surface area contributed by atoms with Gasteiger partial charge in [0.05, 0.1) is 16.9 Å². The average molecular weight is 257 g/mol. The number of hydrogen-bond acceptors (Lipinski definition) is 4. The molecule has 0 bridgehead atoms. The second-order valence-corrected chi connectivity index (χ2v) is 5.24. The Kier molecular flexibility index (Phi) is 3.84. The number of nitriles is 1. The van der Waals surface area contributed by atoms with E-state index in [-0.39, 0.29) is 0 Å². The molecule has 0 saturated heterocycles. The summed E-state index contributed by atoms with van der Waals surface area (Å²) in [6.07, 6.45) is 3.06. The summed E-state index contributed by atoms with van der Waals surface area (Å²) in [6.45, 7) is 3.81. The first-order chi connectivity index (χ1) is 9.02. The van der Waals surface area contributed by atoms with Gasteiger partial charge in [-0.2, -0.15) is 5.26 Å². The predicted molar refractivity (Wildman–Crippen MR) is 74.1 cm³/mol. The van der Waals surface area contributed by atoms with E-state index in [1.54, 1.807) is 0 Å². The van der Waals surface area contributed by atoms with Crippen LogP contribution in [-0.2, 0) is 4.79 Å². The van der Waals surface area contributed by atoms with Gasteiger partial charge >= 0.3 is 0 Å². The third kappa shape index (κ3) is 2.76. The van der Waals surface area contributed by atoms with Gasteiger partial charge in [0.25, 0.3) is 0 Å². The van der Waals surface area contributed by atoms with Gasteiger partial charge in [-0.1, -0.05) is 0 Å². The summed E-state index contributed by atoms with van der Waals surface area (Å²) >= 11 is 0. The molecular weight excluding hydrogens is 238 g/mol. The number of carbonyl (C=O) groups excluding carboxylic acids is 1. The van der Waals surface area contributed by atoms with Gasteiger partial charge in [0, 0.05) is 31.6 Å². The SMILES string of the molecule is Cc1cc(N(C)C2CCC(=O)CC2)c(C#N)c(C)n1. The Labute approximate surface area is 114 Å². The second kappa shape index (κ2) is 5.40. The second-order valence-electron chi connectivity index (χ2n) is 5.24. The molecule has 0 unspecified atom stereocenters. The summed E-state index contributed by atoms with van der Waals surface area (Å²) in [5.74, 6) is 0.354. The largest absolute Gasteiger partial charge is 0.370 e. The molecule has 1 aromatic rings. The minimum atomic E-state index is 0.339. The van der Waals surface area contributed by atoms with Crippen LogP contribution in [-0.4, -0.2) is 23.9 Å². The smallest absolute Gasteiger partial charge is 0.133 e. The van der Waals surface area contributed by atoms with Gasteiger partial charge in [-0.3, -0.25) is 9.78 Å². The fourth-order valence-electron chi connectivity index (χ4n) is 2.73. The molecule has 1 aliphatic rings. The van der Waals surface area contributed by atoms with E-state index in [0.717, 1.165) is 29.9 Å². The minimum Gasteiger partial charge on any atom is -0.370 e. The van der Waals surface area contributed by atoms with Gasteiger partial charge in [-0.25, -0.2) is 0 Å². The number of nitrogens with zero attached hydrogens (tertiary/aromatic N) is 3. The number of pyridine rings is 1. The van der Waals surface area contributed by atoms with Crippen LogP contribution >= 0.6 is 0 Å². The lowest BCUT2D eigenvalue weighted by Gasteiger charge is -2.33. The third-order valence-corrected chi connectivity index (χ3v) is 3.86. The number of Topliss-reactive ketones (excluding diaryl/α,β-unsaturated/α-hetero) is 1. The summed E-state index contributed by atoms with van der Waals surface area (Å²) in [5.41, 5.74) is 3.28. The van der Waals surface area contributed by atoms with Crippen molar-refractivity contribution in [3.63, 3.8) is 0 Å². The molecule has 0 amide bonds. The highest BCUT2D eigenvalue weighted by Crippen LogP contribution is 2.28. The lowest BCUT2D eigenvalue weighted by atomic mass is 9.92. The van der Waals surface area contributed by atoms with Crippen LogP contribution in [0, 0.1) is 25.2 Å². The van der Waals surface area contributed by atoms with E-state index in [2.05, 4.69) is 16.0 Å². The van der Waals surface area contributed by atoms with E-state index in [9.17, 15) is 10.1 Å². The molecule has 0 radical (unpaired) electrons. The molecule has 100 valence electrons. The van der Waals surface area contributed by atoms with E-state index in [4.69, 9.17) is 0 Å². The Hall–Kier alpha value is -1.89. The summed E-state index contributed by atoms with van der Waals surface area (Å²) in [7, 11) is 2.01. The maximum absolute atomic E-state index is 11.3. The molecule has 1 aliphatic carbocycles. The zero-order chi connectivity index (χ0) is 14.0. The molecule has 0 atom stereocenters. The summed E-state index contributed by atoms with van der Waals surface area (Å²) in [6, 6.07) is 4.55. The molecule has 1 saturated carbocycles. The van der Waals surface area contributed by atoms with Gasteiger partial charge in [0.1, 0.15) is 11.9 Å². The fourth-order valence-corrected chi connectivity index (χ4v) is 2.73. The Bertz CT molecular complexity index is 535. The van der Waals surface area contributed by atoms with Crippen molar-refractivity contribution < 1.29 is 4.79 Å². The van der Waals surface area contributed by atoms with E-state index in [1.807, 2.05) is 27.0 Å². The summed E-state index contributed by atoms with van der Waals surface area (Å²) < 4.78 is 0. The van der Waals surface area contributed by atoms with Crippen LogP contribution in [0.5, 0.6) is 0 Å². The third-order valence-electron chi connectivity index (χ3n) is 3.86. The molecule has 2 rings (SSSR count). The minimum absolute atomic E-state index is 0.339. The molecule has 0 spiro atoms. The van der Waals surface area contributed by atoms with Gasteiger partial charge in [0.15, 0.2) is 0 Å². The molecule has 0 N–H and O–H groups in total. The summed E-state index contributed by atoms with van der Waals surface area (Å²) in [5, 5.41) is 9.31. The van der Waals surface area contributed by atoms with Crippen molar-refractivity contribution in [2.75, 3.05) is 11.9 Å². The Morgan fingerprint density at radius 1 is 1.37 bits per heavy atom. The number of carbonyl (C=O) groups is 1. The van der Waals surface area contributed by atoms with Crippen LogP contribution in [0.3, 0.4) is 0 Å². The van der Waals surface area contributed by atoms with Crippen LogP contribution in [0.1, 0.15) is 42.6 Å². The Morgan fingerprint density at radius 2 is 2.00 bits per heavy atom. The van der Waals surface area contributed by atoms with E-state index in [1.165, 1.54) is 0 Å². The van der Waals surface area contributed by atoms with Gasteiger partial charge in [0.2, 0.25) is 0 Å². The highest BCUT2D eigenvalue weighted by atomic mass is 16.1. The highest BCUT2D eigenvalue weighted by molar-refractivity contribution is 5.79. The highest BCUT2D eigenvalue weighted by Gasteiger charge is 2.24. The number of hydrogen-bond donors (Lipinski definition) is 0. The molecule has 4 nitrogen and oxygen atoms in total. The topological polar surface area (TPSA) is 57.0 Å². The number of rotatable bonds is 2. The number of aromatic nitrogens is 1. The van der Waals surface area contributed by atoms with Crippen molar-refractivity contribution in [3.8, 4) is 6.07 Å². The monoisotopic (exact) mass is 257 g/mol. The van der Waals surface area contributed by atoms with E-state index in [0.29, 0.717) is 30.2 Å². The normalized spacial score (nSPS) is 16.2. The first-order valence-electron chi connectivity index (χ1n) is 6.65. The van der Waals surface area contributed by atoms with Crippen LogP contribution in [0.25, 0.3) is 0 Å². The lowest BCUT2D eigenvalue weighted by Crippen LogP contribution is -2.36. The van der Waals surface area contributed by atoms with Crippen molar-refractivity contribution in [1.29, 1.82) is 5.26 Å². The predicted octanol–water partition coefficient (Wildman–Crippen LogP) is 2.52. The van der Waals surface area contributed by atoms with E-state index >= 15 is 0 Å². The quantitative estimate of drug-likeness (QED) is 0.817. The zero-order valence-corrected chi connectivity index (χ0v) is 11.7. The number of ketones is 1. The fraction of sp³-hybridized carbons (Fsp3) is 0.533. The maximum atomic E-state index is 11.3. The van der Waals surface area contributed by atoms with Crippen molar-refractivity contribution in [3.05, 3.63) is 23.0 Å². The molecule has 1 heterocycles. The Morgan fingerprint density at radius 3 is 2.58 bits per heavy atom.